The number of carbonyl (C=O) groups excluding carboxylic acids is 1. The summed E-state index contributed by atoms with van der Waals surface area (Å²) in [6.07, 6.45) is 6.65. The van der Waals surface area contributed by atoms with Crippen molar-refractivity contribution in [2.24, 2.45) is 0 Å². The summed E-state index contributed by atoms with van der Waals surface area (Å²) >= 11 is 0. The normalized spacial score (nSPS) is 21.8. The molecule has 2 aliphatic rings. The van der Waals surface area contributed by atoms with Crippen LogP contribution in [0.15, 0.2) is 60.9 Å². The number of hydrogen-bond donors (Lipinski definition) is 3. The van der Waals surface area contributed by atoms with Crippen LogP contribution in [0, 0.1) is 0 Å². The zero-order valence-corrected chi connectivity index (χ0v) is 13.4. The zero-order valence-electron chi connectivity index (χ0n) is 13.4. The van der Waals surface area contributed by atoms with E-state index in [0.29, 0.717) is 11.3 Å². The number of aromatic hydroxyl groups is 1. The average Bonchev–Trinajstić information content (AvgIpc) is 3.25. The third-order valence-electron chi connectivity index (χ3n) is 5.15. The highest BCUT2D eigenvalue weighted by Gasteiger charge is 2.39. The van der Waals surface area contributed by atoms with Gasteiger partial charge in [0.15, 0.2) is 0 Å². The van der Waals surface area contributed by atoms with Gasteiger partial charge < -0.3 is 20.3 Å². The summed E-state index contributed by atoms with van der Waals surface area (Å²) in [5.74, 6) is 0.0142. The topological polar surface area (TPSA) is 68.4 Å². The quantitative estimate of drug-likeness (QED) is 0.595. The Hall–Kier alpha value is -3.21. The monoisotopic (exact) mass is 331 g/mol. The van der Waals surface area contributed by atoms with Gasteiger partial charge in [-0.15, -0.1) is 0 Å². The van der Waals surface area contributed by atoms with Gasteiger partial charge in [0.2, 0.25) is 0 Å². The predicted molar refractivity (Wildman–Crippen MR) is 96.5 cm³/mol. The molecule has 0 fully saturated rings. The zero-order chi connectivity index (χ0) is 17.0. The fourth-order valence-electron chi connectivity index (χ4n) is 3.95. The summed E-state index contributed by atoms with van der Waals surface area (Å²) in [5.41, 5.74) is 3.16. The number of rotatable bonds is 1. The molecular formula is C20H17N3O2. The minimum atomic E-state index is -0.121. The lowest BCUT2D eigenvalue weighted by atomic mass is 9.97. The van der Waals surface area contributed by atoms with Gasteiger partial charge in [-0.05, 0) is 24.6 Å². The minimum absolute atomic E-state index is 0.0292. The molecule has 2 aromatic carbocycles. The third-order valence-corrected chi connectivity index (χ3v) is 5.15. The fraction of sp³-hybridized carbons (Fsp3) is 0.150. The van der Waals surface area contributed by atoms with E-state index in [2.05, 4.69) is 16.4 Å². The van der Waals surface area contributed by atoms with E-state index >= 15 is 0 Å². The van der Waals surface area contributed by atoms with Crippen LogP contribution in [0.3, 0.4) is 0 Å². The number of hydrogen-bond acceptors (Lipinski definition) is 3. The van der Waals surface area contributed by atoms with Gasteiger partial charge in [0, 0.05) is 28.9 Å². The van der Waals surface area contributed by atoms with Gasteiger partial charge in [-0.3, -0.25) is 4.79 Å². The molecular weight excluding hydrogens is 314 g/mol. The molecule has 2 atom stereocenters. The second-order valence-electron chi connectivity index (χ2n) is 6.51. The third kappa shape index (κ3) is 1.99. The molecule has 1 amide bonds. The van der Waals surface area contributed by atoms with E-state index in [4.69, 9.17) is 0 Å². The van der Waals surface area contributed by atoms with Crippen molar-refractivity contribution in [2.45, 2.75) is 18.5 Å². The first-order chi connectivity index (χ1) is 12.2. The highest BCUT2D eigenvalue weighted by molar-refractivity contribution is 6.03. The van der Waals surface area contributed by atoms with Gasteiger partial charge in [0.1, 0.15) is 5.75 Å². The number of anilines is 1. The van der Waals surface area contributed by atoms with Gasteiger partial charge in [-0.25, -0.2) is 0 Å². The average molecular weight is 331 g/mol. The van der Waals surface area contributed by atoms with E-state index in [1.807, 2.05) is 36.7 Å². The largest absolute Gasteiger partial charge is 0.506 e. The van der Waals surface area contributed by atoms with Crippen molar-refractivity contribution in [3.63, 3.8) is 0 Å². The molecule has 124 valence electrons. The highest BCUT2D eigenvalue weighted by Crippen LogP contribution is 2.42. The Morgan fingerprint density at radius 3 is 2.92 bits per heavy atom. The number of H-pyrrole nitrogens is 1. The van der Waals surface area contributed by atoms with Crippen molar-refractivity contribution in [3.05, 3.63) is 72.1 Å². The maximum absolute atomic E-state index is 13.0. The molecule has 0 saturated carbocycles. The summed E-state index contributed by atoms with van der Waals surface area (Å²) in [6, 6.07) is 13.0. The Bertz CT molecular complexity index is 1020. The van der Waals surface area contributed by atoms with E-state index in [9.17, 15) is 9.90 Å². The summed E-state index contributed by atoms with van der Waals surface area (Å²) < 4.78 is 0. The number of phenolic OH excluding ortho intramolecular Hbond substituents is 1. The van der Waals surface area contributed by atoms with E-state index < -0.39 is 0 Å². The van der Waals surface area contributed by atoms with Crippen molar-refractivity contribution in [1.82, 2.24) is 9.88 Å². The maximum atomic E-state index is 13.0. The van der Waals surface area contributed by atoms with Gasteiger partial charge in [0.25, 0.3) is 5.91 Å². The molecule has 25 heavy (non-hydrogen) atoms. The molecule has 3 N–H and O–H groups in total. The Morgan fingerprint density at radius 1 is 1.12 bits per heavy atom. The number of fused-ring (bicyclic) bond motifs is 3. The lowest BCUT2D eigenvalue weighted by Crippen LogP contribution is -2.37. The van der Waals surface area contributed by atoms with Crippen molar-refractivity contribution >= 4 is 22.5 Å². The SMILES string of the molecule is O=C1c2cccc(O)c2NC(c2c[nH]c3ccccc23)C2CC=CN12. The van der Waals surface area contributed by atoms with Crippen LogP contribution in [-0.4, -0.2) is 26.9 Å². The van der Waals surface area contributed by atoms with E-state index in [-0.39, 0.29) is 23.7 Å². The summed E-state index contributed by atoms with van der Waals surface area (Å²) in [6.45, 7) is 0. The van der Waals surface area contributed by atoms with Crippen molar-refractivity contribution in [3.8, 4) is 5.75 Å². The second kappa shape index (κ2) is 5.14. The highest BCUT2D eigenvalue weighted by atomic mass is 16.3. The van der Waals surface area contributed by atoms with Crippen LogP contribution in [0.25, 0.3) is 10.9 Å². The molecule has 2 aliphatic heterocycles. The van der Waals surface area contributed by atoms with E-state index in [0.717, 1.165) is 22.9 Å². The molecule has 0 radical (unpaired) electrons. The summed E-state index contributed by atoms with van der Waals surface area (Å²) in [4.78, 5) is 18.1. The molecule has 3 aromatic rings. The number of aromatic amines is 1. The summed E-state index contributed by atoms with van der Waals surface area (Å²) in [5, 5.41) is 14.9. The summed E-state index contributed by atoms with van der Waals surface area (Å²) in [7, 11) is 0. The fourth-order valence-corrected chi connectivity index (χ4v) is 3.95. The lowest BCUT2D eigenvalue weighted by molar-refractivity contribution is 0.0780. The first-order valence-electron chi connectivity index (χ1n) is 8.38. The Morgan fingerprint density at radius 2 is 2.00 bits per heavy atom. The van der Waals surface area contributed by atoms with Crippen LogP contribution in [0.1, 0.15) is 28.4 Å². The Balaban J connectivity index is 1.71. The second-order valence-corrected chi connectivity index (χ2v) is 6.51. The number of benzene rings is 2. The van der Waals surface area contributed by atoms with Gasteiger partial charge in [-0.1, -0.05) is 30.3 Å². The first kappa shape index (κ1) is 14.2. The molecule has 1 aromatic heterocycles. The van der Waals surface area contributed by atoms with Gasteiger partial charge in [0.05, 0.1) is 23.3 Å². The number of para-hydroxylation sites is 2. The minimum Gasteiger partial charge on any atom is -0.506 e. The number of aromatic nitrogens is 1. The van der Waals surface area contributed by atoms with Crippen LogP contribution >= 0.6 is 0 Å². The smallest absolute Gasteiger partial charge is 0.260 e. The van der Waals surface area contributed by atoms with Gasteiger partial charge in [-0.2, -0.15) is 0 Å². The van der Waals surface area contributed by atoms with E-state index in [1.54, 1.807) is 23.1 Å². The number of nitrogens with one attached hydrogen (secondary N) is 2. The first-order valence-corrected chi connectivity index (χ1v) is 8.38. The molecule has 5 heteroatoms. The van der Waals surface area contributed by atoms with Crippen LogP contribution in [0.5, 0.6) is 5.75 Å². The van der Waals surface area contributed by atoms with Crippen LogP contribution in [-0.2, 0) is 0 Å². The molecule has 0 spiro atoms. The maximum Gasteiger partial charge on any atom is 0.260 e. The lowest BCUT2D eigenvalue weighted by Gasteiger charge is -2.29. The van der Waals surface area contributed by atoms with Crippen LogP contribution < -0.4 is 5.32 Å². The molecule has 0 bridgehead atoms. The molecule has 0 saturated heterocycles. The van der Waals surface area contributed by atoms with Crippen molar-refractivity contribution < 1.29 is 9.90 Å². The molecule has 0 aliphatic carbocycles. The number of phenols is 1. The molecule has 5 rings (SSSR count). The van der Waals surface area contributed by atoms with Crippen LogP contribution in [0.4, 0.5) is 5.69 Å². The number of amides is 1. The van der Waals surface area contributed by atoms with E-state index in [1.165, 1.54) is 0 Å². The van der Waals surface area contributed by atoms with Crippen molar-refractivity contribution in [1.29, 1.82) is 0 Å². The standard InChI is InChI=1S/C20H17N3O2/c24-17-9-3-6-13-19(17)22-18(16-8-4-10-23(16)20(13)25)14-11-21-15-7-2-1-5-12(14)15/h1-7,9-11,16,18,21-22,24H,8H2. The Labute approximate surface area is 144 Å². The molecule has 2 unspecified atom stereocenters. The number of nitrogens with zero attached hydrogens (tertiary/aromatic N) is 1. The Kier molecular flexibility index (Phi) is 2.91. The van der Waals surface area contributed by atoms with Crippen LogP contribution in [0.2, 0.25) is 0 Å². The van der Waals surface area contributed by atoms with Gasteiger partial charge >= 0.3 is 0 Å². The van der Waals surface area contributed by atoms with Crippen molar-refractivity contribution in [2.75, 3.05) is 5.32 Å². The molecule has 3 heterocycles. The number of carbonyl (C=O) groups is 1. The predicted octanol–water partition coefficient (Wildman–Crippen LogP) is 3.77. The molecule has 5 nitrogen and oxygen atoms in total.